The lowest BCUT2D eigenvalue weighted by atomic mass is 9.85. The van der Waals surface area contributed by atoms with E-state index in [1.807, 2.05) is 18.2 Å². The van der Waals surface area contributed by atoms with Crippen molar-refractivity contribution in [1.82, 2.24) is 0 Å². The van der Waals surface area contributed by atoms with Crippen molar-refractivity contribution in [2.75, 3.05) is 5.32 Å². The highest BCUT2D eigenvalue weighted by Gasteiger charge is 2.20. The van der Waals surface area contributed by atoms with Gasteiger partial charge in [0.25, 0.3) is 0 Å². The quantitative estimate of drug-likeness (QED) is 0.694. The van der Waals surface area contributed by atoms with Gasteiger partial charge in [-0.15, -0.1) is 0 Å². The molecule has 0 saturated heterocycles. The molecule has 0 spiro atoms. The molecule has 1 nitrogen and oxygen atoms in total. The molecule has 0 saturated carbocycles. The first-order valence-corrected chi connectivity index (χ1v) is 7.91. The third-order valence-corrected chi connectivity index (χ3v) is 3.89. The number of anilines is 1. The molecule has 0 aliphatic heterocycles. The molecule has 112 valence electrons. The van der Waals surface area contributed by atoms with Crippen molar-refractivity contribution in [2.45, 2.75) is 33.2 Å². The third-order valence-electron chi connectivity index (χ3n) is 3.28. The summed E-state index contributed by atoms with van der Waals surface area (Å²) < 4.78 is 13.8. The third kappa shape index (κ3) is 4.85. The fourth-order valence-corrected chi connectivity index (χ4v) is 2.72. The molecule has 0 aliphatic rings. The van der Waals surface area contributed by atoms with E-state index in [4.69, 9.17) is 0 Å². The predicted molar refractivity (Wildman–Crippen MR) is 91.0 cm³/mol. The summed E-state index contributed by atoms with van der Waals surface area (Å²) in [4.78, 5) is 0. The molecule has 1 N–H and O–H groups in total. The standard InChI is InChI=1S/C18H21BrFN/c1-18(2,3)12-17(13-7-5-4-6-8-13)21-14-9-10-16(20)15(19)11-14/h4-11,17,21H,12H2,1-3H3. The largest absolute Gasteiger partial charge is 0.378 e. The molecule has 0 heterocycles. The zero-order chi connectivity index (χ0) is 15.5. The van der Waals surface area contributed by atoms with Crippen molar-refractivity contribution in [3.05, 3.63) is 64.4 Å². The Morgan fingerprint density at radius 3 is 2.33 bits per heavy atom. The van der Waals surface area contributed by atoms with Gasteiger partial charge in [0.2, 0.25) is 0 Å². The Kier molecular flexibility index (Phi) is 5.04. The van der Waals surface area contributed by atoms with Gasteiger partial charge in [-0.1, -0.05) is 51.1 Å². The smallest absolute Gasteiger partial charge is 0.137 e. The summed E-state index contributed by atoms with van der Waals surface area (Å²) >= 11 is 3.24. The number of benzene rings is 2. The number of halogens is 2. The molecule has 21 heavy (non-hydrogen) atoms. The van der Waals surface area contributed by atoms with Crippen LogP contribution in [0.4, 0.5) is 10.1 Å². The Morgan fingerprint density at radius 2 is 1.76 bits per heavy atom. The minimum absolute atomic E-state index is 0.198. The SMILES string of the molecule is CC(C)(C)CC(Nc1ccc(F)c(Br)c1)c1ccccc1. The van der Waals surface area contributed by atoms with Crippen molar-refractivity contribution in [2.24, 2.45) is 5.41 Å². The van der Waals surface area contributed by atoms with Crippen LogP contribution in [0, 0.1) is 11.2 Å². The maximum atomic E-state index is 13.4. The van der Waals surface area contributed by atoms with Gasteiger partial charge in [0.1, 0.15) is 5.82 Å². The van der Waals surface area contributed by atoms with Crippen LogP contribution >= 0.6 is 15.9 Å². The average Bonchev–Trinajstić information content (AvgIpc) is 2.42. The average molecular weight is 350 g/mol. The van der Waals surface area contributed by atoms with E-state index in [9.17, 15) is 4.39 Å². The minimum atomic E-state index is -0.243. The number of nitrogens with one attached hydrogen (secondary N) is 1. The summed E-state index contributed by atoms with van der Waals surface area (Å²) in [5, 5.41) is 3.52. The van der Waals surface area contributed by atoms with Crippen LogP contribution in [0.1, 0.15) is 38.8 Å². The van der Waals surface area contributed by atoms with Gasteiger partial charge in [-0.3, -0.25) is 0 Å². The summed E-state index contributed by atoms with van der Waals surface area (Å²) in [6.45, 7) is 6.68. The van der Waals surface area contributed by atoms with Crippen LogP contribution in [0.2, 0.25) is 0 Å². The van der Waals surface area contributed by atoms with Gasteiger partial charge < -0.3 is 5.32 Å². The molecule has 3 heteroatoms. The van der Waals surface area contributed by atoms with Crippen molar-refractivity contribution in [3.8, 4) is 0 Å². The summed E-state index contributed by atoms with van der Waals surface area (Å²) in [7, 11) is 0. The Labute approximate surface area is 134 Å². The maximum absolute atomic E-state index is 13.4. The molecule has 2 rings (SSSR count). The normalized spacial score (nSPS) is 13.0. The van der Waals surface area contributed by atoms with Gasteiger partial charge in [0.15, 0.2) is 0 Å². The van der Waals surface area contributed by atoms with Gasteiger partial charge in [-0.2, -0.15) is 0 Å². The minimum Gasteiger partial charge on any atom is -0.378 e. The molecule has 0 fully saturated rings. The van der Waals surface area contributed by atoms with E-state index in [1.165, 1.54) is 11.6 Å². The molecule has 0 bridgehead atoms. The second kappa shape index (κ2) is 6.61. The van der Waals surface area contributed by atoms with Crippen molar-refractivity contribution >= 4 is 21.6 Å². The van der Waals surface area contributed by atoms with Crippen LogP contribution in [0.15, 0.2) is 53.0 Å². The molecular weight excluding hydrogens is 329 g/mol. The summed E-state index contributed by atoms with van der Waals surface area (Å²) in [5.74, 6) is -0.243. The fraction of sp³-hybridized carbons (Fsp3) is 0.333. The van der Waals surface area contributed by atoms with E-state index in [0.29, 0.717) is 4.47 Å². The first-order chi connectivity index (χ1) is 9.85. The van der Waals surface area contributed by atoms with Crippen LogP contribution in [-0.4, -0.2) is 0 Å². The molecule has 0 amide bonds. The second-order valence-electron chi connectivity index (χ2n) is 6.50. The van der Waals surface area contributed by atoms with Crippen LogP contribution in [0.5, 0.6) is 0 Å². The van der Waals surface area contributed by atoms with E-state index >= 15 is 0 Å². The van der Waals surface area contributed by atoms with Crippen molar-refractivity contribution in [1.29, 1.82) is 0 Å². The Bertz CT molecular complexity index is 590. The van der Waals surface area contributed by atoms with E-state index in [-0.39, 0.29) is 17.3 Å². The van der Waals surface area contributed by atoms with Gasteiger partial charge >= 0.3 is 0 Å². The van der Waals surface area contributed by atoms with E-state index in [1.54, 1.807) is 12.1 Å². The van der Waals surface area contributed by atoms with Crippen LogP contribution in [-0.2, 0) is 0 Å². The first-order valence-electron chi connectivity index (χ1n) is 7.12. The lowest BCUT2D eigenvalue weighted by molar-refractivity contribution is 0.352. The first kappa shape index (κ1) is 16.0. The molecule has 2 aromatic rings. The van der Waals surface area contributed by atoms with Crippen LogP contribution in [0.25, 0.3) is 0 Å². The lowest BCUT2D eigenvalue weighted by Crippen LogP contribution is -2.18. The topological polar surface area (TPSA) is 12.0 Å². The summed E-state index contributed by atoms with van der Waals surface area (Å²) in [5.41, 5.74) is 2.36. The van der Waals surface area contributed by atoms with E-state index in [2.05, 4.69) is 54.2 Å². The fourth-order valence-electron chi connectivity index (χ4n) is 2.34. The van der Waals surface area contributed by atoms with E-state index < -0.39 is 0 Å². The molecular formula is C18H21BrFN. The second-order valence-corrected chi connectivity index (χ2v) is 7.36. The number of rotatable bonds is 4. The zero-order valence-electron chi connectivity index (χ0n) is 12.7. The van der Waals surface area contributed by atoms with E-state index in [0.717, 1.165) is 12.1 Å². The van der Waals surface area contributed by atoms with Crippen LogP contribution < -0.4 is 5.32 Å². The van der Waals surface area contributed by atoms with Crippen molar-refractivity contribution < 1.29 is 4.39 Å². The van der Waals surface area contributed by atoms with Gasteiger partial charge in [0, 0.05) is 5.69 Å². The highest BCUT2D eigenvalue weighted by Crippen LogP contribution is 2.33. The highest BCUT2D eigenvalue weighted by molar-refractivity contribution is 9.10. The molecule has 1 atom stereocenters. The van der Waals surface area contributed by atoms with Gasteiger partial charge in [0.05, 0.1) is 10.5 Å². The summed E-state index contributed by atoms with van der Waals surface area (Å²) in [6, 6.07) is 15.6. The van der Waals surface area contributed by atoms with Crippen molar-refractivity contribution in [3.63, 3.8) is 0 Å². The van der Waals surface area contributed by atoms with Gasteiger partial charge in [-0.25, -0.2) is 4.39 Å². The Balaban J connectivity index is 2.25. The predicted octanol–water partition coefficient (Wildman–Crippen LogP) is 6.18. The van der Waals surface area contributed by atoms with Crippen LogP contribution in [0.3, 0.4) is 0 Å². The molecule has 0 aromatic heterocycles. The molecule has 2 aromatic carbocycles. The monoisotopic (exact) mass is 349 g/mol. The maximum Gasteiger partial charge on any atom is 0.137 e. The highest BCUT2D eigenvalue weighted by atomic mass is 79.9. The summed E-state index contributed by atoms with van der Waals surface area (Å²) in [6.07, 6.45) is 0.992. The Hall–Kier alpha value is -1.35. The number of hydrogen-bond acceptors (Lipinski definition) is 1. The number of hydrogen-bond donors (Lipinski definition) is 1. The lowest BCUT2D eigenvalue weighted by Gasteiger charge is -2.28. The zero-order valence-corrected chi connectivity index (χ0v) is 14.2. The Morgan fingerprint density at radius 1 is 1.10 bits per heavy atom. The molecule has 0 radical (unpaired) electrons. The molecule has 0 aliphatic carbocycles. The van der Waals surface area contributed by atoms with Gasteiger partial charge in [-0.05, 0) is 51.5 Å². The molecule has 1 unspecified atom stereocenters.